The number of hydrogen-bond donors (Lipinski definition) is 1. The van der Waals surface area contributed by atoms with Crippen LogP contribution in [0, 0.1) is 11.8 Å². The Kier molecular flexibility index (Phi) is 3.72. The first kappa shape index (κ1) is 10.5. The van der Waals surface area contributed by atoms with Gasteiger partial charge in [0.1, 0.15) is 0 Å². The van der Waals surface area contributed by atoms with Gasteiger partial charge in [-0.15, -0.1) is 0 Å². The summed E-state index contributed by atoms with van der Waals surface area (Å²) in [4.78, 5) is 11.5. The summed E-state index contributed by atoms with van der Waals surface area (Å²) in [6.45, 7) is 4.37. The van der Waals surface area contributed by atoms with E-state index in [4.69, 9.17) is 10.5 Å². The fourth-order valence-corrected chi connectivity index (χ4v) is 1.95. The Morgan fingerprint density at radius 3 is 2.77 bits per heavy atom. The van der Waals surface area contributed by atoms with Crippen molar-refractivity contribution in [2.24, 2.45) is 17.6 Å². The topological polar surface area (TPSA) is 52.3 Å². The Morgan fingerprint density at radius 1 is 1.54 bits per heavy atom. The molecule has 2 unspecified atom stereocenters. The molecule has 0 aromatic heterocycles. The summed E-state index contributed by atoms with van der Waals surface area (Å²) >= 11 is 0. The molecule has 1 aliphatic carbocycles. The van der Waals surface area contributed by atoms with Crippen molar-refractivity contribution in [1.82, 2.24) is 0 Å². The summed E-state index contributed by atoms with van der Waals surface area (Å²) in [5, 5.41) is 0. The number of carbonyl (C=O) groups excluding carboxylic acids is 1. The van der Waals surface area contributed by atoms with Crippen molar-refractivity contribution in [3.63, 3.8) is 0 Å². The van der Waals surface area contributed by atoms with Crippen molar-refractivity contribution in [3.05, 3.63) is 0 Å². The molecule has 3 heteroatoms. The summed E-state index contributed by atoms with van der Waals surface area (Å²) < 4.78 is 5.17. The van der Waals surface area contributed by atoms with Gasteiger partial charge in [-0.25, -0.2) is 0 Å². The van der Waals surface area contributed by atoms with Gasteiger partial charge in [-0.2, -0.15) is 0 Å². The summed E-state index contributed by atoms with van der Waals surface area (Å²) in [5.74, 6) is 0.363. The Bertz CT molecular complexity index is 180. The van der Waals surface area contributed by atoms with Gasteiger partial charge >= 0.3 is 5.97 Å². The largest absolute Gasteiger partial charge is 0.463 e. The van der Waals surface area contributed by atoms with Crippen LogP contribution in [0.2, 0.25) is 0 Å². The van der Waals surface area contributed by atoms with Gasteiger partial charge in [0.05, 0.1) is 12.0 Å². The average molecular weight is 185 g/mol. The van der Waals surface area contributed by atoms with E-state index in [2.05, 4.69) is 0 Å². The first-order valence-electron chi connectivity index (χ1n) is 5.05. The molecule has 0 saturated heterocycles. The zero-order chi connectivity index (χ0) is 9.84. The molecule has 0 bridgehead atoms. The van der Waals surface area contributed by atoms with Crippen molar-refractivity contribution in [2.75, 3.05) is 6.54 Å². The van der Waals surface area contributed by atoms with Crippen LogP contribution in [0.3, 0.4) is 0 Å². The van der Waals surface area contributed by atoms with E-state index in [9.17, 15) is 4.79 Å². The third-order valence-electron chi connectivity index (χ3n) is 2.62. The van der Waals surface area contributed by atoms with Crippen molar-refractivity contribution in [3.8, 4) is 0 Å². The third kappa shape index (κ3) is 2.69. The molecule has 13 heavy (non-hydrogen) atoms. The Hall–Kier alpha value is -0.570. The molecule has 0 radical (unpaired) electrons. The molecule has 0 aromatic carbocycles. The van der Waals surface area contributed by atoms with Crippen LogP contribution in [0.15, 0.2) is 0 Å². The van der Waals surface area contributed by atoms with Crippen LogP contribution in [0.1, 0.15) is 33.1 Å². The zero-order valence-corrected chi connectivity index (χ0v) is 8.45. The maximum Gasteiger partial charge on any atom is 0.309 e. The fraction of sp³-hybridized carbons (Fsp3) is 0.900. The maximum absolute atomic E-state index is 11.5. The van der Waals surface area contributed by atoms with Crippen LogP contribution in [-0.2, 0) is 9.53 Å². The molecule has 2 atom stereocenters. The van der Waals surface area contributed by atoms with Crippen LogP contribution in [0.4, 0.5) is 0 Å². The molecule has 1 fully saturated rings. The number of rotatable bonds is 3. The molecular weight excluding hydrogens is 166 g/mol. The zero-order valence-electron chi connectivity index (χ0n) is 8.45. The minimum atomic E-state index is -0.0528. The fourth-order valence-electron chi connectivity index (χ4n) is 1.95. The molecular formula is C10H19NO2. The van der Waals surface area contributed by atoms with E-state index in [1.807, 2.05) is 13.8 Å². The highest BCUT2D eigenvalue weighted by Crippen LogP contribution is 2.31. The highest BCUT2D eigenvalue weighted by Gasteiger charge is 2.33. The monoisotopic (exact) mass is 185 g/mol. The van der Waals surface area contributed by atoms with E-state index in [0.717, 1.165) is 19.3 Å². The van der Waals surface area contributed by atoms with Crippen molar-refractivity contribution >= 4 is 5.97 Å². The number of carbonyl (C=O) groups is 1. The molecule has 2 N–H and O–H groups in total. The number of hydrogen-bond acceptors (Lipinski definition) is 3. The molecule has 0 aliphatic heterocycles. The average Bonchev–Trinajstić information content (AvgIpc) is 2.49. The molecule has 0 aromatic rings. The number of nitrogens with two attached hydrogens (primary N) is 1. The smallest absolute Gasteiger partial charge is 0.309 e. The number of esters is 1. The minimum Gasteiger partial charge on any atom is -0.463 e. The first-order valence-corrected chi connectivity index (χ1v) is 5.05. The lowest BCUT2D eigenvalue weighted by Gasteiger charge is -2.17. The summed E-state index contributed by atoms with van der Waals surface area (Å²) in [7, 11) is 0. The van der Waals surface area contributed by atoms with Crippen molar-refractivity contribution in [2.45, 2.75) is 39.2 Å². The highest BCUT2D eigenvalue weighted by molar-refractivity contribution is 5.73. The summed E-state index contributed by atoms with van der Waals surface area (Å²) in [6, 6.07) is 0. The quantitative estimate of drug-likeness (QED) is 0.674. The second-order valence-corrected chi connectivity index (χ2v) is 4.02. The molecule has 0 heterocycles. The van der Waals surface area contributed by atoms with Gasteiger partial charge in [0.15, 0.2) is 0 Å². The lowest BCUT2D eigenvalue weighted by atomic mass is 9.96. The van der Waals surface area contributed by atoms with E-state index in [0.29, 0.717) is 12.5 Å². The van der Waals surface area contributed by atoms with Gasteiger partial charge < -0.3 is 10.5 Å². The molecule has 3 nitrogen and oxygen atoms in total. The second-order valence-electron chi connectivity index (χ2n) is 4.02. The minimum absolute atomic E-state index is 0.00785. The molecule has 1 rings (SSSR count). The molecule has 0 amide bonds. The lowest BCUT2D eigenvalue weighted by molar-refractivity contribution is -0.153. The van der Waals surface area contributed by atoms with Gasteiger partial charge in [-0.05, 0) is 39.2 Å². The predicted molar refractivity (Wildman–Crippen MR) is 51.1 cm³/mol. The standard InChI is InChI=1S/C10H19NO2/c1-7(2)13-10(12)9-5-3-4-8(9)6-11/h7-9H,3-6,11H2,1-2H3. The predicted octanol–water partition coefficient (Wildman–Crippen LogP) is 1.31. The molecule has 1 saturated carbocycles. The second kappa shape index (κ2) is 4.61. The van der Waals surface area contributed by atoms with E-state index in [-0.39, 0.29) is 18.0 Å². The highest BCUT2D eigenvalue weighted by atomic mass is 16.5. The normalized spacial score (nSPS) is 28.0. The van der Waals surface area contributed by atoms with E-state index >= 15 is 0 Å². The van der Waals surface area contributed by atoms with Crippen molar-refractivity contribution < 1.29 is 9.53 Å². The van der Waals surface area contributed by atoms with Crippen LogP contribution in [0.25, 0.3) is 0 Å². The Morgan fingerprint density at radius 2 is 2.23 bits per heavy atom. The lowest BCUT2D eigenvalue weighted by Crippen LogP contribution is -2.28. The van der Waals surface area contributed by atoms with Crippen LogP contribution in [0.5, 0.6) is 0 Å². The number of ether oxygens (including phenoxy) is 1. The SMILES string of the molecule is CC(C)OC(=O)C1CCCC1CN. The van der Waals surface area contributed by atoms with Crippen LogP contribution in [-0.4, -0.2) is 18.6 Å². The van der Waals surface area contributed by atoms with Gasteiger partial charge in [0.2, 0.25) is 0 Å². The van der Waals surface area contributed by atoms with E-state index in [1.54, 1.807) is 0 Å². The molecule has 76 valence electrons. The van der Waals surface area contributed by atoms with E-state index < -0.39 is 0 Å². The Labute approximate surface area is 79.6 Å². The molecule has 0 spiro atoms. The van der Waals surface area contributed by atoms with Gasteiger partial charge in [0.25, 0.3) is 0 Å². The molecule has 1 aliphatic rings. The van der Waals surface area contributed by atoms with Crippen LogP contribution < -0.4 is 5.73 Å². The van der Waals surface area contributed by atoms with Crippen LogP contribution >= 0.6 is 0 Å². The van der Waals surface area contributed by atoms with Crippen molar-refractivity contribution in [1.29, 1.82) is 0 Å². The summed E-state index contributed by atoms with van der Waals surface area (Å²) in [6.07, 6.45) is 3.13. The van der Waals surface area contributed by atoms with Gasteiger partial charge in [0, 0.05) is 0 Å². The third-order valence-corrected chi connectivity index (χ3v) is 2.62. The first-order chi connectivity index (χ1) is 6.15. The summed E-state index contributed by atoms with van der Waals surface area (Å²) in [5.41, 5.74) is 5.59. The van der Waals surface area contributed by atoms with Gasteiger partial charge in [-0.1, -0.05) is 6.42 Å². The van der Waals surface area contributed by atoms with Gasteiger partial charge in [-0.3, -0.25) is 4.79 Å². The van der Waals surface area contributed by atoms with E-state index in [1.165, 1.54) is 0 Å². The Balaban J connectivity index is 2.45. The maximum atomic E-state index is 11.5.